The van der Waals surface area contributed by atoms with E-state index in [1.54, 1.807) is 49.9 Å². The molecule has 23 heavy (non-hydrogen) atoms. The molecule has 1 aromatic carbocycles. The Balaban J connectivity index is 2.58. The summed E-state index contributed by atoms with van der Waals surface area (Å²) in [5, 5.41) is 0. The Hall–Kier alpha value is -2.23. The fraction of sp³-hybridized carbons (Fsp3) is 0.421. The van der Waals surface area contributed by atoms with Crippen LogP contribution in [0, 0.1) is 5.41 Å². The number of hydrogen-bond acceptors (Lipinski definition) is 3. The molecule has 0 heterocycles. The third kappa shape index (κ3) is 2.62. The van der Waals surface area contributed by atoms with Gasteiger partial charge in [0.2, 0.25) is 5.91 Å². The number of amides is 1. The summed E-state index contributed by atoms with van der Waals surface area (Å²) in [5.41, 5.74) is 0.469. The van der Waals surface area contributed by atoms with Crippen LogP contribution in [0.4, 0.5) is 0 Å². The number of fused-ring (bicyclic) bond motifs is 1. The molecule has 0 saturated heterocycles. The maximum absolute atomic E-state index is 12.9. The van der Waals surface area contributed by atoms with Gasteiger partial charge < -0.3 is 4.90 Å². The molecule has 0 spiro atoms. The predicted molar refractivity (Wildman–Crippen MR) is 89.5 cm³/mol. The minimum Gasteiger partial charge on any atom is -0.343 e. The molecule has 122 valence electrons. The van der Waals surface area contributed by atoms with Gasteiger partial charge >= 0.3 is 0 Å². The lowest BCUT2D eigenvalue weighted by Gasteiger charge is -2.34. The highest BCUT2D eigenvalue weighted by Crippen LogP contribution is 2.38. The summed E-state index contributed by atoms with van der Waals surface area (Å²) in [4.78, 5) is 40.1. The molecule has 0 N–H and O–H groups in total. The van der Waals surface area contributed by atoms with Crippen molar-refractivity contribution < 1.29 is 14.4 Å². The molecule has 1 aliphatic carbocycles. The van der Waals surface area contributed by atoms with Gasteiger partial charge in [-0.15, -0.1) is 0 Å². The number of carbonyl (C=O) groups excluding carboxylic acids is 3. The van der Waals surface area contributed by atoms with E-state index in [4.69, 9.17) is 0 Å². The molecule has 1 aromatic rings. The number of ketones is 2. The van der Waals surface area contributed by atoms with Crippen molar-refractivity contribution in [3.63, 3.8) is 0 Å². The molecule has 1 amide bonds. The van der Waals surface area contributed by atoms with E-state index in [2.05, 4.69) is 0 Å². The van der Waals surface area contributed by atoms with E-state index in [0.717, 1.165) is 0 Å². The zero-order valence-corrected chi connectivity index (χ0v) is 14.4. The van der Waals surface area contributed by atoms with Crippen molar-refractivity contribution in [3.8, 4) is 0 Å². The van der Waals surface area contributed by atoms with E-state index < -0.39 is 5.41 Å². The van der Waals surface area contributed by atoms with E-state index in [9.17, 15) is 14.4 Å². The predicted octanol–water partition coefficient (Wildman–Crippen LogP) is 3.28. The van der Waals surface area contributed by atoms with E-state index in [1.165, 1.54) is 0 Å². The van der Waals surface area contributed by atoms with Crippen molar-refractivity contribution in [1.82, 2.24) is 4.90 Å². The largest absolute Gasteiger partial charge is 0.343 e. The maximum atomic E-state index is 12.9. The van der Waals surface area contributed by atoms with E-state index in [-0.39, 0.29) is 17.5 Å². The average Bonchev–Trinajstić information content (AvgIpc) is 2.53. The highest BCUT2D eigenvalue weighted by atomic mass is 16.2. The fourth-order valence-electron chi connectivity index (χ4n) is 3.27. The van der Waals surface area contributed by atoms with Crippen molar-refractivity contribution in [2.24, 2.45) is 5.41 Å². The first-order valence-electron chi connectivity index (χ1n) is 7.96. The van der Waals surface area contributed by atoms with Crippen molar-refractivity contribution in [3.05, 3.63) is 46.5 Å². The molecule has 0 bridgehead atoms. The van der Waals surface area contributed by atoms with Crippen LogP contribution in [0.2, 0.25) is 0 Å². The van der Waals surface area contributed by atoms with E-state index >= 15 is 0 Å². The van der Waals surface area contributed by atoms with Crippen LogP contribution >= 0.6 is 0 Å². The van der Waals surface area contributed by atoms with Gasteiger partial charge in [0.1, 0.15) is 0 Å². The third-order valence-electron chi connectivity index (χ3n) is 4.57. The molecule has 0 aromatic heterocycles. The van der Waals surface area contributed by atoms with E-state index in [0.29, 0.717) is 35.4 Å². The summed E-state index contributed by atoms with van der Waals surface area (Å²) in [6, 6.07) is 6.80. The summed E-state index contributed by atoms with van der Waals surface area (Å²) in [7, 11) is 0. The molecule has 2 rings (SSSR count). The quantitative estimate of drug-likeness (QED) is 0.857. The first-order valence-corrected chi connectivity index (χ1v) is 7.96. The number of Topliss-reactive ketones (excluding diaryl/α,β-unsaturated/α-hetero) is 2. The van der Waals surface area contributed by atoms with Gasteiger partial charge in [-0.3, -0.25) is 14.4 Å². The van der Waals surface area contributed by atoms with Gasteiger partial charge in [0.05, 0.1) is 5.41 Å². The second-order valence-corrected chi connectivity index (χ2v) is 6.31. The number of hydrogen-bond donors (Lipinski definition) is 0. The maximum Gasteiger partial charge on any atom is 0.232 e. The molecule has 0 radical (unpaired) electrons. The second-order valence-electron chi connectivity index (χ2n) is 6.31. The summed E-state index contributed by atoms with van der Waals surface area (Å²) in [6.45, 7) is 10.1. The van der Waals surface area contributed by atoms with Gasteiger partial charge in [0.25, 0.3) is 0 Å². The molecule has 0 unspecified atom stereocenters. The minimum absolute atomic E-state index is 0.127. The monoisotopic (exact) mass is 313 g/mol. The molecular weight excluding hydrogens is 290 g/mol. The fourth-order valence-corrected chi connectivity index (χ4v) is 3.27. The first kappa shape index (κ1) is 17.1. The molecule has 4 heteroatoms. The Morgan fingerprint density at radius 3 is 1.96 bits per heavy atom. The molecule has 4 nitrogen and oxygen atoms in total. The molecule has 0 fully saturated rings. The Bertz CT molecular complexity index is 709. The van der Waals surface area contributed by atoms with Gasteiger partial charge in [-0.05, 0) is 34.6 Å². The van der Waals surface area contributed by atoms with Crippen LogP contribution < -0.4 is 0 Å². The lowest BCUT2D eigenvalue weighted by molar-refractivity contribution is -0.137. The Morgan fingerprint density at radius 2 is 1.48 bits per heavy atom. The lowest BCUT2D eigenvalue weighted by Crippen LogP contribution is -2.44. The van der Waals surface area contributed by atoms with Crippen LogP contribution in [0.25, 0.3) is 0 Å². The normalized spacial score (nSPS) is 14.8. The number of nitrogens with zero attached hydrogens (tertiary/aromatic N) is 1. The van der Waals surface area contributed by atoms with Gasteiger partial charge in [-0.2, -0.15) is 0 Å². The number of carbonyl (C=O) groups is 3. The van der Waals surface area contributed by atoms with Crippen LogP contribution in [0.15, 0.2) is 35.4 Å². The third-order valence-corrected chi connectivity index (χ3v) is 4.57. The molecule has 0 atom stereocenters. The van der Waals surface area contributed by atoms with Gasteiger partial charge in [-0.25, -0.2) is 0 Å². The van der Waals surface area contributed by atoms with Crippen LogP contribution in [0.3, 0.4) is 0 Å². The summed E-state index contributed by atoms with van der Waals surface area (Å²) in [5.74, 6) is -0.517. The van der Waals surface area contributed by atoms with Crippen molar-refractivity contribution in [2.75, 3.05) is 13.1 Å². The zero-order chi connectivity index (χ0) is 17.4. The number of benzene rings is 1. The Labute approximate surface area is 137 Å². The lowest BCUT2D eigenvalue weighted by atomic mass is 9.71. The SMILES string of the molecule is CCN(CC)C(=O)C(C)(C)C1=C(C)C(=O)c2ccccc2C1=O. The molecule has 1 aliphatic rings. The Morgan fingerprint density at radius 1 is 1.00 bits per heavy atom. The Kier molecular flexibility index (Phi) is 4.55. The van der Waals surface area contributed by atoms with Crippen LogP contribution in [0.5, 0.6) is 0 Å². The second kappa shape index (κ2) is 6.11. The van der Waals surface area contributed by atoms with Crippen molar-refractivity contribution in [2.45, 2.75) is 34.6 Å². The summed E-state index contributed by atoms with van der Waals surface area (Å²) >= 11 is 0. The highest BCUT2D eigenvalue weighted by molar-refractivity contribution is 6.28. The average molecular weight is 313 g/mol. The standard InChI is InChI=1S/C19H23NO3/c1-6-20(7-2)18(23)19(4,5)15-12(3)16(21)13-10-8-9-11-14(13)17(15)22/h8-11H,6-7H2,1-5H3. The van der Waals surface area contributed by atoms with E-state index in [1.807, 2.05) is 13.8 Å². The van der Waals surface area contributed by atoms with Crippen molar-refractivity contribution >= 4 is 17.5 Å². The molecule has 0 saturated carbocycles. The summed E-state index contributed by atoms with van der Waals surface area (Å²) in [6.07, 6.45) is 0. The zero-order valence-electron chi connectivity index (χ0n) is 14.4. The number of rotatable bonds is 4. The first-order chi connectivity index (χ1) is 10.8. The topological polar surface area (TPSA) is 54.5 Å². The summed E-state index contributed by atoms with van der Waals surface area (Å²) < 4.78 is 0. The van der Waals surface area contributed by atoms with Gasteiger partial charge in [-0.1, -0.05) is 24.3 Å². The number of allylic oxidation sites excluding steroid dienone is 1. The minimum atomic E-state index is -1.03. The van der Waals surface area contributed by atoms with Crippen LogP contribution in [0.1, 0.15) is 55.3 Å². The van der Waals surface area contributed by atoms with Crippen LogP contribution in [-0.4, -0.2) is 35.5 Å². The van der Waals surface area contributed by atoms with Gasteiger partial charge in [0, 0.05) is 35.4 Å². The molecule has 0 aliphatic heterocycles. The van der Waals surface area contributed by atoms with Crippen molar-refractivity contribution in [1.29, 1.82) is 0 Å². The smallest absolute Gasteiger partial charge is 0.232 e. The van der Waals surface area contributed by atoms with Gasteiger partial charge in [0.15, 0.2) is 11.6 Å². The highest BCUT2D eigenvalue weighted by Gasteiger charge is 2.43. The van der Waals surface area contributed by atoms with Crippen LogP contribution in [-0.2, 0) is 4.79 Å². The molecular formula is C19H23NO3.